The van der Waals surface area contributed by atoms with E-state index in [4.69, 9.17) is 5.11 Å². The van der Waals surface area contributed by atoms with Gasteiger partial charge < -0.3 is 10.4 Å². The summed E-state index contributed by atoms with van der Waals surface area (Å²) in [6, 6.07) is 2.01. The lowest BCUT2D eigenvalue weighted by Crippen LogP contribution is -2.41. The molecule has 1 unspecified atom stereocenters. The van der Waals surface area contributed by atoms with Gasteiger partial charge in [0.25, 0.3) is 0 Å². The molecule has 2 rings (SSSR count). The molecule has 1 aromatic rings. The van der Waals surface area contributed by atoms with E-state index in [2.05, 4.69) is 10.2 Å². The van der Waals surface area contributed by atoms with E-state index in [1.807, 2.05) is 11.4 Å². The third-order valence-corrected chi connectivity index (χ3v) is 4.53. The molecular weight excluding hydrogens is 288 g/mol. The summed E-state index contributed by atoms with van der Waals surface area (Å²) in [6.07, 6.45) is 4.74. The minimum atomic E-state index is -0.938. The molecule has 2 heterocycles. The van der Waals surface area contributed by atoms with Crippen LogP contribution in [0.4, 0.5) is 0 Å². The molecule has 1 saturated heterocycles. The van der Waals surface area contributed by atoms with E-state index >= 15 is 0 Å². The van der Waals surface area contributed by atoms with E-state index in [1.165, 1.54) is 4.88 Å². The van der Waals surface area contributed by atoms with Crippen LogP contribution >= 0.6 is 11.3 Å². The van der Waals surface area contributed by atoms with Crippen LogP contribution in [0.5, 0.6) is 0 Å². The van der Waals surface area contributed by atoms with Crippen molar-refractivity contribution in [3.8, 4) is 0 Å². The molecule has 1 aliphatic rings. The lowest BCUT2D eigenvalue weighted by Gasteiger charge is -2.31. The Morgan fingerprint density at radius 2 is 2.38 bits per heavy atom. The zero-order valence-electron chi connectivity index (χ0n) is 12.0. The molecule has 0 radical (unpaired) electrons. The Balaban J connectivity index is 1.92. The topological polar surface area (TPSA) is 69.6 Å². The summed E-state index contributed by atoms with van der Waals surface area (Å²) in [7, 11) is 1.68. The Labute approximate surface area is 128 Å². The summed E-state index contributed by atoms with van der Waals surface area (Å²) >= 11 is 1.62. The molecule has 1 fully saturated rings. The van der Waals surface area contributed by atoms with Gasteiger partial charge in [-0.15, -0.1) is 11.3 Å². The number of piperidine rings is 1. The van der Waals surface area contributed by atoms with E-state index in [1.54, 1.807) is 24.5 Å². The Morgan fingerprint density at radius 3 is 3.10 bits per heavy atom. The van der Waals surface area contributed by atoms with Gasteiger partial charge in [-0.1, -0.05) is 0 Å². The zero-order chi connectivity index (χ0) is 15.2. The minimum Gasteiger partial charge on any atom is -0.478 e. The average Bonchev–Trinajstić information content (AvgIpc) is 2.92. The first-order valence-electron chi connectivity index (χ1n) is 7.01. The van der Waals surface area contributed by atoms with Gasteiger partial charge in [-0.3, -0.25) is 9.69 Å². The summed E-state index contributed by atoms with van der Waals surface area (Å²) < 4.78 is 0. The number of nitrogens with zero attached hydrogens (tertiary/aromatic N) is 1. The number of thiophene rings is 1. The van der Waals surface area contributed by atoms with Crippen molar-refractivity contribution in [3.05, 3.63) is 28.0 Å². The van der Waals surface area contributed by atoms with Crippen molar-refractivity contribution in [3.63, 3.8) is 0 Å². The van der Waals surface area contributed by atoms with E-state index in [9.17, 15) is 9.59 Å². The van der Waals surface area contributed by atoms with Gasteiger partial charge in [0.2, 0.25) is 5.91 Å². The second kappa shape index (κ2) is 7.38. The van der Waals surface area contributed by atoms with E-state index in [0.717, 1.165) is 44.1 Å². The second-order valence-corrected chi connectivity index (χ2v) is 6.20. The van der Waals surface area contributed by atoms with Gasteiger partial charge in [-0.05, 0) is 42.5 Å². The normalized spacial score (nSPS) is 19.8. The Kier molecular flexibility index (Phi) is 5.52. The SMILES string of the molecule is CNC(=O)C1CCCN(Cc2cc(/C=C/C(=O)O)cs2)C1. The predicted octanol–water partition coefficient (Wildman–Crippen LogP) is 1.80. The van der Waals surface area contributed by atoms with E-state index in [0.29, 0.717) is 0 Å². The van der Waals surface area contributed by atoms with Crippen molar-refractivity contribution in [2.24, 2.45) is 5.92 Å². The maximum absolute atomic E-state index is 11.7. The van der Waals surface area contributed by atoms with Crippen LogP contribution in [-0.2, 0) is 16.1 Å². The maximum atomic E-state index is 11.7. The highest BCUT2D eigenvalue weighted by Gasteiger charge is 2.25. The quantitative estimate of drug-likeness (QED) is 0.814. The standard InChI is InChI=1S/C15H20N2O3S/c1-16-15(20)12-3-2-6-17(8-12)9-13-7-11(10-21-13)4-5-14(18)19/h4-5,7,10,12H,2-3,6,8-9H2,1H3,(H,16,20)(H,18,19)/b5-4+. The summed E-state index contributed by atoms with van der Waals surface area (Å²) in [5, 5.41) is 13.3. The number of rotatable bonds is 5. The van der Waals surface area contributed by atoms with Crippen LogP contribution in [0.15, 0.2) is 17.5 Å². The monoisotopic (exact) mass is 308 g/mol. The van der Waals surface area contributed by atoms with Gasteiger partial charge in [0.1, 0.15) is 0 Å². The molecule has 1 aromatic heterocycles. The number of amides is 1. The number of likely N-dealkylation sites (tertiary alicyclic amines) is 1. The number of hydrogen-bond acceptors (Lipinski definition) is 4. The van der Waals surface area contributed by atoms with Crippen LogP contribution in [0.2, 0.25) is 0 Å². The van der Waals surface area contributed by atoms with E-state index < -0.39 is 5.97 Å². The molecule has 21 heavy (non-hydrogen) atoms. The molecule has 0 aliphatic carbocycles. The molecule has 0 aromatic carbocycles. The second-order valence-electron chi connectivity index (χ2n) is 5.21. The molecule has 1 amide bonds. The molecule has 1 aliphatic heterocycles. The number of carboxylic acid groups (broad SMARTS) is 1. The number of carbonyl (C=O) groups is 2. The minimum absolute atomic E-state index is 0.0788. The number of carbonyl (C=O) groups excluding carboxylic acids is 1. The molecule has 114 valence electrons. The van der Waals surface area contributed by atoms with Crippen LogP contribution in [-0.4, -0.2) is 42.0 Å². The fourth-order valence-electron chi connectivity index (χ4n) is 2.57. The summed E-state index contributed by atoms with van der Waals surface area (Å²) in [4.78, 5) is 25.7. The smallest absolute Gasteiger partial charge is 0.328 e. The first kappa shape index (κ1) is 15.7. The van der Waals surface area contributed by atoms with Crippen molar-refractivity contribution in [2.75, 3.05) is 20.1 Å². The van der Waals surface area contributed by atoms with Crippen molar-refractivity contribution in [2.45, 2.75) is 19.4 Å². The highest BCUT2D eigenvalue weighted by molar-refractivity contribution is 7.10. The van der Waals surface area contributed by atoms with Crippen LogP contribution in [0.3, 0.4) is 0 Å². The number of nitrogens with one attached hydrogen (secondary N) is 1. The van der Waals surface area contributed by atoms with Crippen molar-refractivity contribution < 1.29 is 14.7 Å². The fourth-order valence-corrected chi connectivity index (χ4v) is 3.47. The third-order valence-electron chi connectivity index (χ3n) is 3.59. The fraction of sp³-hybridized carbons (Fsp3) is 0.467. The molecule has 2 N–H and O–H groups in total. The van der Waals surface area contributed by atoms with Gasteiger partial charge >= 0.3 is 5.97 Å². The first-order chi connectivity index (χ1) is 10.1. The van der Waals surface area contributed by atoms with Gasteiger partial charge in [0, 0.05) is 31.1 Å². The first-order valence-corrected chi connectivity index (χ1v) is 7.89. The zero-order valence-corrected chi connectivity index (χ0v) is 12.9. The predicted molar refractivity (Wildman–Crippen MR) is 83.1 cm³/mol. The number of carboxylic acids is 1. The third kappa shape index (κ3) is 4.68. The van der Waals surface area contributed by atoms with Gasteiger partial charge in [-0.2, -0.15) is 0 Å². The molecule has 0 saturated carbocycles. The molecule has 6 heteroatoms. The Bertz CT molecular complexity index is 539. The van der Waals surface area contributed by atoms with Crippen LogP contribution in [0.1, 0.15) is 23.3 Å². The maximum Gasteiger partial charge on any atom is 0.328 e. The molecule has 1 atom stereocenters. The summed E-state index contributed by atoms with van der Waals surface area (Å²) in [5.74, 6) is -0.738. The van der Waals surface area contributed by atoms with Crippen LogP contribution in [0, 0.1) is 5.92 Å². The van der Waals surface area contributed by atoms with Crippen molar-refractivity contribution in [1.82, 2.24) is 10.2 Å². The molecular formula is C15H20N2O3S. The largest absolute Gasteiger partial charge is 0.478 e. The molecule has 5 nitrogen and oxygen atoms in total. The molecule has 0 spiro atoms. The highest BCUT2D eigenvalue weighted by atomic mass is 32.1. The van der Waals surface area contributed by atoms with Gasteiger partial charge in [0.05, 0.1) is 5.92 Å². The number of aliphatic carboxylic acids is 1. The van der Waals surface area contributed by atoms with E-state index in [-0.39, 0.29) is 11.8 Å². The van der Waals surface area contributed by atoms with Crippen LogP contribution < -0.4 is 5.32 Å². The van der Waals surface area contributed by atoms with Gasteiger partial charge in [-0.25, -0.2) is 4.79 Å². The summed E-state index contributed by atoms with van der Waals surface area (Å²) in [5.41, 5.74) is 0.914. The lowest BCUT2D eigenvalue weighted by atomic mass is 9.97. The van der Waals surface area contributed by atoms with Crippen molar-refractivity contribution >= 4 is 29.3 Å². The van der Waals surface area contributed by atoms with Crippen molar-refractivity contribution in [1.29, 1.82) is 0 Å². The Hall–Kier alpha value is -1.66. The number of hydrogen-bond donors (Lipinski definition) is 2. The lowest BCUT2D eigenvalue weighted by molar-refractivity contribution is -0.131. The van der Waals surface area contributed by atoms with Crippen LogP contribution in [0.25, 0.3) is 6.08 Å². The van der Waals surface area contributed by atoms with Gasteiger partial charge in [0.15, 0.2) is 0 Å². The Morgan fingerprint density at radius 1 is 1.57 bits per heavy atom. The molecule has 0 bridgehead atoms. The highest BCUT2D eigenvalue weighted by Crippen LogP contribution is 2.22. The summed E-state index contributed by atoms with van der Waals surface area (Å²) in [6.45, 7) is 2.61. The average molecular weight is 308 g/mol.